The van der Waals surface area contributed by atoms with Crippen LogP contribution in [0.5, 0.6) is 11.5 Å². The van der Waals surface area contributed by atoms with Crippen molar-refractivity contribution in [3.63, 3.8) is 0 Å². The summed E-state index contributed by atoms with van der Waals surface area (Å²) in [6.07, 6.45) is 1.45. The number of para-hydroxylation sites is 2. The van der Waals surface area contributed by atoms with E-state index in [2.05, 4.69) is 15.3 Å². The number of aromatic nitrogens is 2. The van der Waals surface area contributed by atoms with Crippen molar-refractivity contribution in [2.75, 3.05) is 19.5 Å². The molecule has 1 aromatic heterocycles. The van der Waals surface area contributed by atoms with Gasteiger partial charge in [0.15, 0.2) is 0 Å². The van der Waals surface area contributed by atoms with Gasteiger partial charge in [0.25, 0.3) is 5.91 Å². The number of rotatable bonds is 4. The van der Waals surface area contributed by atoms with Crippen molar-refractivity contribution in [3.05, 3.63) is 54.4 Å². The molecule has 0 atom stereocenters. The minimum absolute atomic E-state index is 0.230. The summed E-state index contributed by atoms with van der Waals surface area (Å²) < 4.78 is 10.4. The molecule has 0 aliphatic rings. The number of carbonyl (C=O) groups excluding carboxylic acids is 1. The van der Waals surface area contributed by atoms with Crippen LogP contribution < -0.4 is 14.8 Å². The molecule has 23 heavy (non-hydrogen) atoms. The molecule has 0 spiro atoms. The Morgan fingerprint density at radius 2 is 1.83 bits per heavy atom. The highest BCUT2D eigenvalue weighted by atomic mass is 16.5. The number of carbonyl (C=O) groups is 1. The molecule has 0 saturated heterocycles. The lowest BCUT2D eigenvalue weighted by Gasteiger charge is -2.11. The van der Waals surface area contributed by atoms with Crippen molar-refractivity contribution < 1.29 is 14.3 Å². The van der Waals surface area contributed by atoms with Crippen LogP contribution in [0.2, 0.25) is 0 Å². The highest BCUT2D eigenvalue weighted by molar-refractivity contribution is 6.04. The molecule has 3 aromatic rings. The monoisotopic (exact) mass is 309 g/mol. The molecule has 0 bridgehead atoms. The topological polar surface area (TPSA) is 73.3 Å². The van der Waals surface area contributed by atoms with Crippen molar-refractivity contribution >= 4 is 22.6 Å². The highest BCUT2D eigenvalue weighted by Crippen LogP contribution is 2.29. The zero-order chi connectivity index (χ0) is 16.2. The lowest BCUT2D eigenvalue weighted by Crippen LogP contribution is -2.15. The SMILES string of the molecule is COc1ccc(OC)c(NC(=O)c2cnc3ccccc3n2)c1. The average molecular weight is 309 g/mol. The van der Waals surface area contributed by atoms with Gasteiger partial charge in [-0.3, -0.25) is 9.78 Å². The maximum Gasteiger partial charge on any atom is 0.275 e. The van der Waals surface area contributed by atoms with Gasteiger partial charge >= 0.3 is 0 Å². The van der Waals surface area contributed by atoms with Gasteiger partial charge in [0, 0.05) is 6.07 Å². The first-order valence-corrected chi connectivity index (χ1v) is 6.96. The summed E-state index contributed by atoms with van der Waals surface area (Å²) in [5, 5.41) is 2.77. The van der Waals surface area contributed by atoms with Crippen LogP contribution in [0, 0.1) is 0 Å². The molecule has 6 nitrogen and oxygen atoms in total. The standard InChI is InChI=1S/C17H15N3O3/c1-22-11-7-8-16(23-2)14(9-11)20-17(21)15-10-18-12-5-3-4-6-13(12)19-15/h3-10H,1-2H3,(H,20,21). The molecule has 1 N–H and O–H groups in total. The van der Waals surface area contributed by atoms with Crippen molar-refractivity contribution in [2.24, 2.45) is 0 Å². The third-order valence-electron chi connectivity index (χ3n) is 3.34. The Labute approximate surface area is 133 Å². The molecule has 116 valence electrons. The number of hydrogen-bond acceptors (Lipinski definition) is 5. The second-order valence-electron chi connectivity index (χ2n) is 4.76. The van der Waals surface area contributed by atoms with E-state index in [1.165, 1.54) is 13.3 Å². The molecule has 0 aliphatic heterocycles. The summed E-state index contributed by atoms with van der Waals surface area (Å²) in [6.45, 7) is 0. The minimum Gasteiger partial charge on any atom is -0.497 e. The Bertz CT molecular complexity index is 865. The molecule has 1 heterocycles. The first-order valence-electron chi connectivity index (χ1n) is 6.96. The zero-order valence-corrected chi connectivity index (χ0v) is 12.7. The van der Waals surface area contributed by atoms with Gasteiger partial charge in [0.1, 0.15) is 17.2 Å². The van der Waals surface area contributed by atoms with Crippen molar-refractivity contribution in [3.8, 4) is 11.5 Å². The maximum absolute atomic E-state index is 12.4. The number of fused-ring (bicyclic) bond motifs is 1. The fourth-order valence-electron chi connectivity index (χ4n) is 2.16. The van der Waals surface area contributed by atoms with Crippen LogP contribution in [0.1, 0.15) is 10.5 Å². The van der Waals surface area contributed by atoms with Gasteiger partial charge in [-0.1, -0.05) is 12.1 Å². The fraction of sp³-hybridized carbons (Fsp3) is 0.118. The quantitative estimate of drug-likeness (QED) is 0.802. The van der Waals surface area contributed by atoms with Crippen LogP contribution >= 0.6 is 0 Å². The number of nitrogens with zero attached hydrogens (tertiary/aromatic N) is 2. The molecular weight excluding hydrogens is 294 g/mol. The number of ether oxygens (including phenoxy) is 2. The second kappa shape index (κ2) is 6.31. The van der Waals surface area contributed by atoms with E-state index in [4.69, 9.17) is 9.47 Å². The van der Waals surface area contributed by atoms with Crippen molar-refractivity contribution in [1.82, 2.24) is 9.97 Å². The van der Waals surface area contributed by atoms with E-state index in [9.17, 15) is 4.79 Å². The largest absolute Gasteiger partial charge is 0.497 e. The number of methoxy groups -OCH3 is 2. The van der Waals surface area contributed by atoms with Gasteiger partial charge in [-0.2, -0.15) is 0 Å². The Hall–Kier alpha value is -3.15. The number of hydrogen-bond donors (Lipinski definition) is 1. The second-order valence-corrected chi connectivity index (χ2v) is 4.76. The Morgan fingerprint density at radius 3 is 2.57 bits per heavy atom. The van der Waals surface area contributed by atoms with Crippen LogP contribution in [-0.4, -0.2) is 30.1 Å². The summed E-state index contributed by atoms with van der Waals surface area (Å²) in [5.74, 6) is 0.786. The number of benzene rings is 2. The summed E-state index contributed by atoms with van der Waals surface area (Å²) >= 11 is 0. The van der Waals surface area contributed by atoms with E-state index in [0.717, 1.165) is 5.52 Å². The predicted molar refractivity (Wildman–Crippen MR) is 87.0 cm³/mol. The van der Waals surface area contributed by atoms with Gasteiger partial charge in [-0.15, -0.1) is 0 Å². The third kappa shape index (κ3) is 3.06. The van der Waals surface area contributed by atoms with Crippen LogP contribution in [0.25, 0.3) is 11.0 Å². The lowest BCUT2D eigenvalue weighted by molar-refractivity contribution is 0.102. The molecule has 0 radical (unpaired) electrons. The molecule has 2 aromatic carbocycles. The highest BCUT2D eigenvalue weighted by Gasteiger charge is 2.13. The predicted octanol–water partition coefficient (Wildman–Crippen LogP) is 2.90. The molecule has 0 unspecified atom stereocenters. The van der Waals surface area contributed by atoms with Crippen LogP contribution in [0.3, 0.4) is 0 Å². The van der Waals surface area contributed by atoms with E-state index >= 15 is 0 Å². The molecule has 0 saturated carbocycles. The van der Waals surface area contributed by atoms with Crippen LogP contribution in [0.4, 0.5) is 5.69 Å². The number of amides is 1. The van der Waals surface area contributed by atoms with Gasteiger partial charge in [0.2, 0.25) is 0 Å². The molecule has 0 aliphatic carbocycles. The first-order chi connectivity index (χ1) is 11.2. The van der Waals surface area contributed by atoms with Gasteiger partial charge in [0.05, 0.1) is 37.1 Å². The van der Waals surface area contributed by atoms with Crippen molar-refractivity contribution in [1.29, 1.82) is 0 Å². The molecule has 0 fully saturated rings. The number of anilines is 1. The van der Waals surface area contributed by atoms with E-state index < -0.39 is 0 Å². The average Bonchev–Trinajstić information content (AvgIpc) is 2.61. The van der Waals surface area contributed by atoms with Crippen molar-refractivity contribution in [2.45, 2.75) is 0 Å². The summed E-state index contributed by atoms with van der Waals surface area (Å²) in [7, 11) is 3.09. The van der Waals surface area contributed by atoms with E-state index in [-0.39, 0.29) is 11.6 Å². The maximum atomic E-state index is 12.4. The Morgan fingerprint density at radius 1 is 1.04 bits per heavy atom. The van der Waals surface area contributed by atoms with E-state index in [1.54, 1.807) is 25.3 Å². The molecule has 3 rings (SSSR count). The normalized spacial score (nSPS) is 10.3. The summed E-state index contributed by atoms with van der Waals surface area (Å²) in [5.41, 5.74) is 2.14. The molecule has 1 amide bonds. The van der Waals surface area contributed by atoms with Crippen LogP contribution in [-0.2, 0) is 0 Å². The molecule has 6 heteroatoms. The number of nitrogens with one attached hydrogen (secondary N) is 1. The smallest absolute Gasteiger partial charge is 0.275 e. The first kappa shape index (κ1) is 14.8. The van der Waals surface area contributed by atoms with Crippen LogP contribution in [0.15, 0.2) is 48.7 Å². The van der Waals surface area contributed by atoms with Gasteiger partial charge < -0.3 is 14.8 Å². The fourth-order valence-corrected chi connectivity index (χ4v) is 2.16. The summed E-state index contributed by atoms with van der Waals surface area (Å²) in [4.78, 5) is 21.0. The molecular formula is C17H15N3O3. The summed E-state index contributed by atoms with van der Waals surface area (Å²) in [6, 6.07) is 12.5. The third-order valence-corrected chi connectivity index (χ3v) is 3.34. The Balaban J connectivity index is 1.91. The Kier molecular flexibility index (Phi) is 4.05. The van der Waals surface area contributed by atoms with E-state index in [0.29, 0.717) is 22.7 Å². The lowest BCUT2D eigenvalue weighted by atomic mass is 10.2. The zero-order valence-electron chi connectivity index (χ0n) is 12.7. The van der Waals surface area contributed by atoms with E-state index in [1.807, 2.05) is 24.3 Å². The van der Waals surface area contributed by atoms with Gasteiger partial charge in [-0.05, 0) is 24.3 Å². The van der Waals surface area contributed by atoms with Gasteiger partial charge in [-0.25, -0.2) is 4.98 Å². The minimum atomic E-state index is -0.366.